The number of thioether (sulfide) groups is 1. The van der Waals surface area contributed by atoms with Gasteiger partial charge in [0.1, 0.15) is 5.82 Å². The van der Waals surface area contributed by atoms with Crippen molar-refractivity contribution in [2.45, 2.75) is 10.1 Å². The number of hydrogen-bond donors (Lipinski definition) is 2. The van der Waals surface area contributed by atoms with E-state index in [1.165, 1.54) is 40.7 Å². The molecule has 0 aliphatic rings. The van der Waals surface area contributed by atoms with Gasteiger partial charge in [-0.05, 0) is 48.5 Å². The lowest BCUT2D eigenvalue weighted by Crippen LogP contribution is -2.34. The highest BCUT2D eigenvalue weighted by molar-refractivity contribution is 7.99. The van der Waals surface area contributed by atoms with E-state index in [4.69, 9.17) is 5.73 Å². The van der Waals surface area contributed by atoms with Crippen molar-refractivity contribution < 1.29 is 22.8 Å². The molecule has 3 N–H and O–H groups in total. The Bertz CT molecular complexity index is 1150. The van der Waals surface area contributed by atoms with E-state index in [0.717, 1.165) is 6.26 Å². The van der Waals surface area contributed by atoms with Crippen molar-refractivity contribution in [3.05, 3.63) is 54.3 Å². The molecule has 0 unspecified atom stereocenters. The molecule has 12 heteroatoms. The van der Waals surface area contributed by atoms with Crippen LogP contribution in [0.3, 0.4) is 0 Å². The number of hydroxylamine groups is 2. The minimum Gasteiger partial charge on any atom is -0.350 e. The molecule has 2 aromatic carbocycles. The van der Waals surface area contributed by atoms with Gasteiger partial charge in [0.2, 0.25) is 5.16 Å². The first-order valence-corrected chi connectivity index (χ1v) is 11.4. The first kappa shape index (κ1) is 21.7. The van der Waals surface area contributed by atoms with Gasteiger partial charge in [0.15, 0.2) is 15.7 Å². The van der Waals surface area contributed by atoms with Gasteiger partial charge in [-0.25, -0.2) is 32.3 Å². The Hall–Kier alpha value is -2.96. The fraction of sp³-hybridized carbons (Fsp3) is 0.167. The van der Waals surface area contributed by atoms with Gasteiger partial charge >= 0.3 is 6.03 Å². The molecule has 2 amide bonds. The van der Waals surface area contributed by atoms with E-state index < -0.39 is 21.7 Å². The number of benzene rings is 2. The van der Waals surface area contributed by atoms with Crippen molar-refractivity contribution in [3.63, 3.8) is 0 Å². The number of hydrogen-bond acceptors (Lipinski definition) is 7. The Balaban J connectivity index is 1.94. The number of halogens is 1. The molecule has 0 radical (unpaired) electrons. The number of amides is 2. The molecule has 0 spiro atoms. The van der Waals surface area contributed by atoms with Crippen LogP contribution in [-0.4, -0.2) is 58.0 Å². The summed E-state index contributed by atoms with van der Waals surface area (Å²) in [5.74, 6) is 0.297. The lowest BCUT2D eigenvalue weighted by molar-refractivity contribution is -0.0335. The van der Waals surface area contributed by atoms with Crippen molar-refractivity contribution in [2.24, 2.45) is 5.73 Å². The quantitative estimate of drug-likeness (QED) is 0.320. The van der Waals surface area contributed by atoms with Gasteiger partial charge in [-0.15, -0.1) is 5.10 Å². The van der Waals surface area contributed by atoms with Crippen LogP contribution >= 0.6 is 11.8 Å². The van der Waals surface area contributed by atoms with Crippen molar-refractivity contribution in [2.75, 3.05) is 18.6 Å². The Morgan fingerprint density at radius 3 is 2.40 bits per heavy atom. The maximum absolute atomic E-state index is 13.3. The summed E-state index contributed by atoms with van der Waals surface area (Å²) in [6.45, 7) is -0.0243. The summed E-state index contributed by atoms with van der Waals surface area (Å²) in [4.78, 5) is 15.5. The maximum Gasteiger partial charge on any atom is 0.338 e. The third kappa shape index (κ3) is 5.14. The molecule has 3 aromatic rings. The van der Waals surface area contributed by atoms with Gasteiger partial charge in [0.25, 0.3) is 0 Å². The molecule has 0 aliphatic carbocycles. The van der Waals surface area contributed by atoms with Crippen LogP contribution in [0.4, 0.5) is 9.18 Å². The summed E-state index contributed by atoms with van der Waals surface area (Å²) in [5, 5.41) is 14.5. The van der Waals surface area contributed by atoms with E-state index in [-0.39, 0.29) is 17.2 Å². The van der Waals surface area contributed by atoms with E-state index in [0.29, 0.717) is 27.3 Å². The minimum atomic E-state index is -3.35. The van der Waals surface area contributed by atoms with Crippen LogP contribution in [0.25, 0.3) is 17.1 Å². The van der Waals surface area contributed by atoms with Crippen LogP contribution in [0.15, 0.2) is 58.6 Å². The van der Waals surface area contributed by atoms with Gasteiger partial charge in [0.05, 0.1) is 17.1 Å². The van der Waals surface area contributed by atoms with Gasteiger partial charge in [-0.3, -0.25) is 5.21 Å². The Morgan fingerprint density at radius 2 is 1.83 bits per heavy atom. The number of nitrogens with two attached hydrogens (primary N) is 1. The predicted molar refractivity (Wildman–Crippen MR) is 109 cm³/mol. The van der Waals surface area contributed by atoms with Crippen molar-refractivity contribution in [3.8, 4) is 17.1 Å². The Kier molecular flexibility index (Phi) is 6.39. The van der Waals surface area contributed by atoms with E-state index >= 15 is 0 Å². The second-order valence-corrected chi connectivity index (χ2v) is 9.29. The first-order chi connectivity index (χ1) is 14.1. The van der Waals surface area contributed by atoms with Gasteiger partial charge in [-0.1, -0.05) is 11.8 Å². The summed E-state index contributed by atoms with van der Waals surface area (Å²) in [6, 6.07) is 10.8. The van der Waals surface area contributed by atoms with Crippen LogP contribution in [0.1, 0.15) is 0 Å². The standard InChI is InChI=1S/C18H18FN5O4S2/c1-30(27,28)15-8-6-14(7-9-15)24-16(12-2-4-13(19)5-3-12)21-18(22-24)29-11-10-23(26)17(20)25/h2-9,26H,10-11H2,1H3,(H2,20,25). The van der Waals surface area contributed by atoms with Crippen LogP contribution in [-0.2, 0) is 9.84 Å². The summed E-state index contributed by atoms with van der Waals surface area (Å²) < 4.78 is 38.2. The molecule has 0 saturated heterocycles. The lowest BCUT2D eigenvalue weighted by atomic mass is 10.2. The fourth-order valence-electron chi connectivity index (χ4n) is 2.49. The molecule has 0 atom stereocenters. The molecule has 0 aliphatic heterocycles. The zero-order chi connectivity index (χ0) is 21.9. The highest BCUT2D eigenvalue weighted by Gasteiger charge is 2.16. The summed E-state index contributed by atoms with van der Waals surface area (Å²) in [5.41, 5.74) is 6.13. The van der Waals surface area contributed by atoms with Crippen LogP contribution in [0.5, 0.6) is 0 Å². The number of carbonyl (C=O) groups is 1. The van der Waals surface area contributed by atoms with E-state index in [1.54, 1.807) is 24.3 Å². The van der Waals surface area contributed by atoms with Gasteiger partial charge in [-0.2, -0.15) is 0 Å². The third-order valence-corrected chi connectivity index (χ3v) is 5.93. The highest BCUT2D eigenvalue weighted by atomic mass is 32.2. The third-order valence-electron chi connectivity index (χ3n) is 3.99. The normalized spacial score (nSPS) is 11.4. The predicted octanol–water partition coefficient (Wildman–Crippen LogP) is 2.34. The minimum absolute atomic E-state index is 0.0243. The zero-order valence-electron chi connectivity index (χ0n) is 15.8. The average molecular weight is 452 g/mol. The largest absolute Gasteiger partial charge is 0.350 e. The maximum atomic E-state index is 13.3. The summed E-state index contributed by atoms with van der Waals surface area (Å²) in [7, 11) is -3.35. The topological polar surface area (TPSA) is 131 Å². The van der Waals surface area contributed by atoms with E-state index in [2.05, 4.69) is 10.1 Å². The molecule has 9 nitrogen and oxygen atoms in total. The number of primary amides is 1. The second kappa shape index (κ2) is 8.81. The molecular weight excluding hydrogens is 433 g/mol. The van der Waals surface area contributed by atoms with Crippen molar-refractivity contribution >= 4 is 27.6 Å². The van der Waals surface area contributed by atoms with Crippen LogP contribution in [0, 0.1) is 5.82 Å². The molecule has 30 heavy (non-hydrogen) atoms. The van der Waals surface area contributed by atoms with Crippen LogP contribution < -0.4 is 5.73 Å². The summed E-state index contributed by atoms with van der Waals surface area (Å²) >= 11 is 1.18. The Morgan fingerprint density at radius 1 is 1.20 bits per heavy atom. The molecule has 0 bridgehead atoms. The van der Waals surface area contributed by atoms with Gasteiger partial charge < -0.3 is 5.73 Å². The fourth-order valence-corrected chi connectivity index (χ4v) is 3.86. The molecule has 3 rings (SSSR count). The van der Waals surface area contributed by atoms with Crippen LogP contribution in [0.2, 0.25) is 0 Å². The molecule has 0 saturated carbocycles. The smallest absolute Gasteiger partial charge is 0.338 e. The molecular formula is C18H18FN5O4S2. The van der Waals surface area contributed by atoms with Crippen molar-refractivity contribution in [1.82, 2.24) is 19.8 Å². The number of aromatic nitrogens is 3. The van der Waals surface area contributed by atoms with Crippen molar-refractivity contribution in [1.29, 1.82) is 0 Å². The number of rotatable bonds is 7. The SMILES string of the molecule is CS(=O)(=O)c1ccc(-n2nc(SCCN(O)C(N)=O)nc2-c2ccc(F)cc2)cc1. The van der Waals surface area contributed by atoms with Gasteiger partial charge in [0, 0.05) is 17.6 Å². The molecule has 0 fully saturated rings. The first-order valence-electron chi connectivity index (χ1n) is 8.57. The number of carbonyl (C=O) groups excluding carboxylic acids is 1. The monoisotopic (exact) mass is 451 g/mol. The average Bonchev–Trinajstić information content (AvgIpc) is 3.12. The number of urea groups is 1. The lowest BCUT2D eigenvalue weighted by Gasteiger charge is -2.09. The number of sulfone groups is 1. The van der Waals surface area contributed by atoms with E-state index in [1.807, 2.05) is 0 Å². The molecule has 1 heterocycles. The molecule has 158 valence electrons. The Labute approximate surface area is 176 Å². The summed E-state index contributed by atoms with van der Waals surface area (Å²) in [6.07, 6.45) is 1.12. The number of nitrogens with zero attached hydrogens (tertiary/aromatic N) is 4. The van der Waals surface area contributed by atoms with E-state index in [9.17, 15) is 22.8 Å². The second-order valence-electron chi connectivity index (χ2n) is 6.21. The molecule has 1 aromatic heterocycles. The zero-order valence-corrected chi connectivity index (χ0v) is 17.4. The highest BCUT2D eigenvalue weighted by Crippen LogP contribution is 2.26.